The van der Waals surface area contributed by atoms with E-state index < -0.39 is 0 Å². The molecule has 0 spiro atoms. The smallest absolute Gasteiger partial charge is 0.338 e. The van der Waals surface area contributed by atoms with Crippen LogP contribution in [-0.2, 0) is 17.8 Å². The number of benzene rings is 3. The summed E-state index contributed by atoms with van der Waals surface area (Å²) < 4.78 is 11.1. The zero-order valence-electron chi connectivity index (χ0n) is 15.2. The van der Waals surface area contributed by atoms with Gasteiger partial charge in [-0.2, -0.15) is 0 Å². The van der Waals surface area contributed by atoms with Crippen LogP contribution in [0.3, 0.4) is 0 Å². The number of aromatic nitrogens is 1. The van der Waals surface area contributed by atoms with Gasteiger partial charge in [-0.25, -0.2) is 9.78 Å². The second-order valence-electron chi connectivity index (χ2n) is 6.38. The number of esters is 1. The molecule has 0 amide bonds. The molecule has 1 heterocycles. The summed E-state index contributed by atoms with van der Waals surface area (Å²) in [4.78, 5) is 16.8. The number of rotatable bonds is 6. The van der Waals surface area contributed by atoms with Gasteiger partial charge in [-0.3, -0.25) is 0 Å². The molecule has 0 fully saturated rings. The van der Waals surface area contributed by atoms with Gasteiger partial charge in [0, 0.05) is 5.56 Å². The molecule has 0 aliphatic heterocycles. The van der Waals surface area contributed by atoms with Gasteiger partial charge >= 0.3 is 5.97 Å². The van der Waals surface area contributed by atoms with E-state index in [9.17, 15) is 4.79 Å². The van der Waals surface area contributed by atoms with Crippen LogP contribution in [0.2, 0.25) is 0 Å². The molecular formula is C24H19NO3. The van der Waals surface area contributed by atoms with E-state index >= 15 is 0 Å². The van der Waals surface area contributed by atoms with Crippen molar-refractivity contribution < 1.29 is 13.9 Å². The van der Waals surface area contributed by atoms with Gasteiger partial charge in [0.05, 0.1) is 11.8 Å². The van der Waals surface area contributed by atoms with Gasteiger partial charge in [-0.1, -0.05) is 78.9 Å². The SMILES string of the molecule is O=C(OCc1ncc(-c2ccccc2)o1)c1ccccc1Cc1ccccc1. The highest BCUT2D eigenvalue weighted by molar-refractivity contribution is 5.91. The number of hydrogen-bond acceptors (Lipinski definition) is 4. The molecule has 4 aromatic rings. The maximum absolute atomic E-state index is 12.6. The summed E-state index contributed by atoms with van der Waals surface area (Å²) in [6, 6.07) is 27.2. The van der Waals surface area contributed by atoms with Crippen molar-refractivity contribution in [2.24, 2.45) is 0 Å². The maximum atomic E-state index is 12.6. The van der Waals surface area contributed by atoms with E-state index in [1.165, 1.54) is 0 Å². The van der Waals surface area contributed by atoms with Crippen molar-refractivity contribution in [2.45, 2.75) is 13.0 Å². The van der Waals surface area contributed by atoms with Gasteiger partial charge in [0.1, 0.15) is 0 Å². The number of hydrogen-bond donors (Lipinski definition) is 0. The molecule has 4 heteroatoms. The van der Waals surface area contributed by atoms with E-state index in [1.54, 1.807) is 12.3 Å². The number of oxazole rings is 1. The Bertz CT molecular complexity index is 1060. The Balaban J connectivity index is 1.44. The Kier molecular flexibility index (Phi) is 5.29. The van der Waals surface area contributed by atoms with Crippen molar-refractivity contribution >= 4 is 5.97 Å². The fourth-order valence-electron chi connectivity index (χ4n) is 3.01. The van der Waals surface area contributed by atoms with E-state index in [-0.39, 0.29) is 12.6 Å². The van der Waals surface area contributed by atoms with Crippen LogP contribution in [0.1, 0.15) is 27.4 Å². The third-order valence-corrected chi connectivity index (χ3v) is 4.41. The van der Waals surface area contributed by atoms with E-state index in [4.69, 9.17) is 9.15 Å². The van der Waals surface area contributed by atoms with Crippen molar-refractivity contribution in [3.8, 4) is 11.3 Å². The second-order valence-corrected chi connectivity index (χ2v) is 6.38. The van der Waals surface area contributed by atoms with Crippen LogP contribution in [0.25, 0.3) is 11.3 Å². The number of ether oxygens (including phenoxy) is 1. The van der Waals surface area contributed by atoms with Crippen LogP contribution in [0.5, 0.6) is 0 Å². The van der Waals surface area contributed by atoms with Gasteiger partial charge in [0.25, 0.3) is 0 Å². The zero-order valence-corrected chi connectivity index (χ0v) is 15.2. The molecule has 4 nitrogen and oxygen atoms in total. The molecule has 0 atom stereocenters. The molecule has 0 unspecified atom stereocenters. The van der Waals surface area contributed by atoms with Crippen molar-refractivity contribution in [1.82, 2.24) is 4.98 Å². The van der Waals surface area contributed by atoms with Gasteiger partial charge in [0.15, 0.2) is 12.4 Å². The molecule has 0 aliphatic rings. The number of carbonyl (C=O) groups excluding carboxylic acids is 1. The lowest BCUT2D eigenvalue weighted by atomic mass is 10.00. The molecule has 0 saturated heterocycles. The van der Waals surface area contributed by atoms with Crippen molar-refractivity contribution in [1.29, 1.82) is 0 Å². The molecule has 0 radical (unpaired) electrons. The quantitative estimate of drug-likeness (QED) is 0.433. The molecule has 138 valence electrons. The van der Waals surface area contributed by atoms with Gasteiger partial charge < -0.3 is 9.15 Å². The fourth-order valence-corrected chi connectivity index (χ4v) is 3.01. The van der Waals surface area contributed by atoms with Gasteiger partial charge in [-0.15, -0.1) is 0 Å². The Morgan fingerprint density at radius 3 is 2.32 bits per heavy atom. The summed E-state index contributed by atoms with van der Waals surface area (Å²) in [5.74, 6) is 0.634. The summed E-state index contributed by atoms with van der Waals surface area (Å²) >= 11 is 0. The minimum Gasteiger partial charge on any atom is -0.452 e. The summed E-state index contributed by atoms with van der Waals surface area (Å²) in [6.07, 6.45) is 2.31. The summed E-state index contributed by atoms with van der Waals surface area (Å²) in [5.41, 5.74) is 3.56. The molecular weight excluding hydrogens is 350 g/mol. The topological polar surface area (TPSA) is 52.3 Å². The average molecular weight is 369 g/mol. The normalized spacial score (nSPS) is 10.6. The summed E-state index contributed by atoms with van der Waals surface area (Å²) in [7, 11) is 0. The number of nitrogens with zero attached hydrogens (tertiary/aromatic N) is 1. The van der Waals surface area contributed by atoms with Crippen LogP contribution in [0.4, 0.5) is 0 Å². The van der Waals surface area contributed by atoms with Crippen molar-refractivity contribution in [2.75, 3.05) is 0 Å². The predicted molar refractivity (Wildman–Crippen MR) is 107 cm³/mol. The second kappa shape index (κ2) is 8.35. The fraction of sp³-hybridized carbons (Fsp3) is 0.0833. The first-order valence-electron chi connectivity index (χ1n) is 9.09. The van der Waals surface area contributed by atoms with Gasteiger partial charge in [-0.05, 0) is 23.6 Å². The largest absolute Gasteiger partial charge is 0.452 e. The van der Waals surface area contributed by atoms with Gasteiger partial charge in [0.2, 0.25) is 5.89 Å². The first-order chi connectivity index (χ1) is 13.8. The zero-order chi connectivity index (χ0) is 19.2. The van der Waals surface area contributed by atoms with Crippen LogP contribution < -0.4 is 0 Å². The molecule has 4 rings (SSSR count). The lowest BCUT2D eigenvalue weighted by Crippen LogP contribution is -2.09. The van der Waals surface area contributed by atoms with E-state index in [0.717, 1.165) is 16.7 Å². The van der Waals surface area contributed by atoms with Crippen molar-refractivity contribution in [3.05, 3.63) is 114 Å². The summed E-state index contributed by atoms with van der Waals surface area (Å²) in [6.45, 7) is -0.00859. The van der Waals surface area contributed by atoms with Crippen LogP contribution in [0, 0.1) is 0 Å². The molecule has 1 aromatic heterocycles. The average Bonchev–Trinajstić information content (AvgIpc) is 3.23. The lowest BCUT2D eigenvalue weighted by molar-refractivity contribution is 0.0438. The Morgan fingerprint density at radius 2 is 1.54 bits per heavy atom. The highest BCUT2D eigenvalue weighted by Crippen LogP contribution is 2.21. The number of carbonyl (C=O) groups is 1. The Hall–Kier alpha value is -3.66. The van der Waals surface area contributed by atoms with Crippen LogP contribution in [0.15, 0.2) is 95.5 Å². The monoisotopic (exact) mass is 369 g/mol. The standard InChI is InChI=1S/C24H19NO3/c26-24(21-14-8-7-13-20(21)15-18-9-3-1-4-10-18)27-17-23-25-16-22(28-23)19-11-5-2-6-12-19/h1-14,16H,15,17H2. The highest BCUT2D eigenvalue weighted by atomic mass is 16.5. The minimum atomic E-state index is -0.383. The van der Waals surface area contributed by atoms with E-state index in [2.05, 4.69) is 4.98 Å². The van der Waals surface area contributed by atoms with E-state index in [0.29, 0.717) is 23.6 Å². The molecule has 0 N–H and O–H groups in total. The first kappa shape index (κ1) is 17.7. The molecule has 0 bridgehead atoms. The van der Waals surface area contributed by atoms with E-state index in [1.807, 2.05) is 78.9 Å². The molecule has 28 heavy (non-hydrogen) atoms. The molecule has 0 aliphatic carbocycles. The highest BCUT2D eigenvalue weighted by Gasteiger charge is 2.14. The predicted octanol–water partition coefficient (Wildman–Crippen LogP) is 5.29. The van der Waals surface area contributed by atoms with Crippen LogP contribution >= 0.6 is 0 Å². The molecule has 3 aromatic carbocycles. The van der Waals surface area contributed by atoms with Crippen LogP contribution in [-0.4, -0.2) is 11.0 Å². The maximum Gasteiger partial charge on any atom is 0.338 e. The van der Waals surface area contributed by atoms with Crippen molar-refractivity contribution in [3.63, 3.8) is 0 Å². The lowest BCUT2D eigenvalue weighted by Gasteiger charge is -2.09. The minimum absolute atomic E-state index is 0.00859. The molecule has 0 saturated carbocycles. The summed E-state index contributed by atoms with van der Waals surface area (Å²) in [5, 5.41) is 0. The Morgan fingerprint density at radius 1 is 0.857 bits per heavy atom. The third-order valence-electron chi connectivity index (χ3n) is 4.41. The first-order valence-corrected chi connectivity index (χ1v) is 9.09. The Labute approximate surface area is 163 Å². The third kappa shape index (κ3) is 4.18.